The number of H-pyrrole nitrogens is 1. The highest BCUT2D eigenvalue weighted by Crippen LogP contribution is 2.32. The smallest absolute Gasteiger partial charge is 0.161 e. The fraction of sp³-hybridized carbons (Fsp3) is 0.357. The van der Waals surface area contributed by atoms with Gasteiger partial charge in [-0.2, -0.15) is 5.10 Å². The number of hydrogen-bond acceptors (Lipinski definition) is 4. The summed E-state index contributed by atoms with van der Waals surface area (Å²) in [4.78, 5) is 0. The number of nitrogens with zero attached hydrogens (tertiary/aromatic N) is 1. The van der Waals surface area contributed by atoms with Crippen molar-refractivity contribution < 1.29 is 9.47 Å². The summed E-state index contributed by atoms with van der Waals surface area (Å²) in [6, 6.07) is 7.74. The number of rotatable bonds is 6. The molecule has 19 heavy (non-hydrogen) atoms. The third-order valence-electron chi connectivity index (χ3n) is 2.69. The van der Waals surface area contributed by atoms with E-state index >= 15 is 0 Å². The first-order valence-corrected chi connectivity index (χ1v) is 6.42. The summed E-state index contributed by atoms with van der Waals surface area (Å²) in [5.41, 5.74) is 8.30. The van der Waals surface area contributed by atoms with Crippen LogP contribution in [0.3, 0.4) is 0 Å². The summed E-state index contributed by atoms with van der Waals surface area (Å²) in [7, 11) is 0. The van der Waals surface area contributed by atoms with Gasteiger partial charge < -0.3 is 15.2 Å². The molecule has 0 spiro atoms. The molecule has 0 aliphatic rings. The summed E-state index contributed by atoms with van der Waals surface area (Å²) < 4.78 is 11.1. The maximum absolute atomic E-state index is 5.60. The zero-order valence-corrected chi connectivity index (χ0v) is 11.3. The third-order valence-corrected chi connectivity index (χ3v) is 2.69. The molecule has 5 nitrogen and oxygen atoms in total. The van der Waals surface area contributed by atoms with Crippen LogP contribution in [0.25, 0.3) is 11.3 Å². The van der Waals surface area contributed by atoms with Gasteiger partial charge in [-0.05, 0) is 38.1 Å². The summed E-state index contributed by atoms with van der Waals surface area (Å²) in [5, 5.41) is 7.13. The van der Waals surface area contributed by atoms with Gasteiger partial charge >= 0.3 is 0 Å². The van der Waals surface area contributed by atoms with E-state index in [-0.39, 0.29) is 0 Å². The van der Waals surface area contributed by atoms with Crippen LogP contribution in [0.2, 0.25) is 0 Å². The zero-order valence-electron chi connectivity index (χ0n) is 11.3. The Hall–Kier alpha value is -2.01. The average Bonchev–Trinajstić information content (AvgIpc) is 2.90. The molecule has 1 aromatic carbocycles. The van der Waals surface area contributed by atoms with Gasteiger partial charge in [0.25, 0.3) is 0 Å². The minimum Gasteiger partial charge on any atom is -0.490 e. The molecule has 0 fully saturated rings. The Morgan fingerprint density at radius 3 is 2.47 bits per heavy atom. The largest absolute Gasteiger partial charge is 0.490 e. The molecule has 3 N–H and O–H groups in total. The Labute approximate surface area is 112 Å². The molecule has 0 atom stereocenters. The minimum atomic E-state index is 0.447. The Balaban J connectivity index is 2.33. The van der Waals surface area contributed by atoms with Crippen LogP contribution in [0.15, 0.2) is 24.3 Å². The van der Waals surface area contributed by atoms with E-state index in [0.717, 1.165) is 28.5 Å². The van der Waals surface area contributed by atoms with Gasteiger partial charge in [0.05, 0.1) is 18.9 Å². The molecule has 0 amide bonds. The van der Waals surface area contributed by atoms with Gasteiger partial charge in [0.15, 0.2) is 11.5 Å². The second kappa shape index (κ2) is 6.24. The van der Waals surface area contributed by atoms with Crippen molar-refractivity contribution in [1.82, 2.24) is 10.2 Å². The molecular weight excluding hydrogens is 242 g/mol. The first kappa shape index (κ1) is 13.4. The van der Waals surface area contributed by atoms with Crippen LogP contribution in [-0.4, -0.2) is 23.4 Å². The predicted molar refractivity (Wildman–Crippen MR) is 74.3 cm³/mol. The van der Waals surface area contributed by atoms with Crippen molar-refractivity contribution in [3.63, 3.8) is 0 Å². The molecule has 0 aliphatic carbocycles. The molecule has 0 aliphatic heterocycles. The van der Waals surface area contributed by atoms with Crippen LogP contribution in [-0.2, 0) is 6.54 Å². The molecule has 0 bridgehead atoms. The fourth-order valence-electron chi connectivity index (χ4n) is 1.82. The lowest BCUT2D eigenvalue weighted by Gasteiger charge is -2.11. The summed E-state index contributed by atoms with van der Waals surface area (Å²) in [5.74, 6) is 1.49. The first-order valence-electron chi connectivity index (χ1n) is 6.42. The lowest BCUT2D eigenvalue weighted by Crippen LogP contribution is -1.98. The SMILES string of the molecule is CCOc1ccc(-c2cc(CN)[nH]n2)cc1OCC. The second-order valence-corrected chi connectivity index (χ2v) is 4.01. The standard InChI is InChI=1S/C14H19N3O2/c1-3-18-13-6-5-10(7-14(13)19-4-2)12-8-11(9-15)16-17-12/h5-8H,3-4,9,15H2,1-2H3,(H,16,17). The summed E-state index contributed by atoms with van der Waals surface area (Å²) in [6.07, 6.45) is 0. The number of benzene rings is 1. The Morgan fingerprint density at radius 1 is 1.11 bits per heavy atom. The predicted octanol–water partition coefficient (Wildman–Crippen LogP) is 2.33. The molecule has 102 valence electrons. The molecular formula is C14H19N3O2. The molecule has 0 unspecified atom stereocenters. The topological polar surface area (TPSA) is 73.2 Å². The average molecular weight is 261 g/mol. The summed E-state index contributed by atoms with van der Waals surface area (Å²) >= 11 is 0. The quantitative estimate of drug-likeness (QED) is 0.837. The van der Waals surface area contributed by atoms with E-state index in [1.54, 1.807) is 0 Å². The number of hydrogen-bond donors (Lipinski definition) is 2. The normalized spacial score (nSPS) is 10.5. The van der Waals surface area contributed by atoms with Crippen LogP contribution in [0, 0.1) is 0 Å². The van der Waals surface area contributed by atoms with Gasteiger partial charge in [-0.15, -0.1) is 0 Å². The molecule has 0 saturated heterocycles. The second-order valence-electron chi connectivity index (χ2n) is 4.01. The van der Waals surface area contributed by atoms with Gasteiger partial charge in [-0.1, -0.05) is 0 Å². The van der Waals surface area contributed by atoms with Crippen LogP contribution < -0.4 is 15.2 Å². The van der Waals surface area contributed by atoms with Crippen LogP contribution in [0.1, 0.15) is 19.5 Å². The monoisotopic (exact) mass is 261 g/mol. The Morgan fingerprint density at radius 2 is 1.84 bits per heavy atom. The van der Waals surface area contributed by atoms with Crippen molar-refractivity contribution in [2.75, 3.05) is 13.2 Å². The van der Waals surface area contributed by atoms with Gasteiger partial charge in [-0.3, -0.25) is 5.10 Å². The van der Waals surface area contributed by atoms with Gasteiger partial charge in [-0.25, -0.2) is 0 Å². The number of aromatic nitrogens is 2. The van der Waals surface area contributed by atoms with Gasteiger partial charge in [0.1, 0.15) is 0 Å². The lowest BCUT2D eigenvalue weighted by molar-refractivity contribution is 0.288. The molecule has 5 heteroatoms. The zero-order chi connectivity index (χ0) is 13.7. The first-order chi connectivity index (χ1) is 9.28. The van der Waals surface area contributed by atoms with E-state index in [2.05, 4.69) is 10.2 Å². The summed E-state index contributed by atoms with van der Waals surface area (Å²) in [6.45, 7) is 5.55. The molecule has 0 saturated carbocycles. The van der Waals surface area contributed by atoms with Crippen molar-refractivity contribution in [3.8, 4) is 22.8 Å². The van der Waals surface area contributed by atoms with E-state index in [0.29, 0.717) is 19.8 Å². The van der Waals surface area contributed by atoms with E-state index in [9.17, 15) is 0 Å². The molecule has 0 radical (unpaired) electrons. The fourth-order valence-corrected chi connectivity index (χ4v) is 1.82. The van der Waals surface area contributed by atoms with Gasteiger partial charge in [0.2, 0.25) is 0 Å². The van der Waals surface area contributed by atoms with E-state index in [1.165, 1.54) is 0 Å². The van der Waals surface area contributed by atoms with Crippen LogP contribution >= 0.6 is 0 Å². The highest BCUT2D eigenvalue weighted by Gasteiger charge is 2.09. The highest BCUT2D eigenvalue weighted by atomic mass is 16.5. The van der Waals surface area contributed by atoms with Crippen LogP contribution in [0.5, 0.6) is 11.5 Å². The third kappa shape index (κ3) is 3.06. The molecule has 1 aromatic heterocycles. The van der Waals surface area contributed by atoms with Crippen molar-refractivity contribution in [2.24, 2.45) is 5.73 Å². The number of aromatic amines is 1. The van der Waals surface area contributed by atoms with Crippen molar-refractivity contribution in [1.29, 1.82) is 0 Å². The maximum Gasteiger partial charge on any atom is 0.161 e. The number of ether oxygens (including phenoxy) is 2. The molecule has 2 rings (SSSR count). The van der Waals surface area contributed by atoms with Crippen LogP contribution in [0.4, 0.5) is 0 Å². The van der Waals surface area contributed by atoms with Crippen molar-refractivity contribution in [3.05, 3.63) is 30.0 Å². The molecule has 1 heterocycles. The van der Waals surface area contributed by atoms with Crippen molar-refractivity contribution >= 4 is 0 Å². The Bertz CT molecular complexity index is 537. The number of nitrogens with two attached hydrogens (primary N) is 1. The minimum absolute atomic E-state index is 0.447. The lowest BCUT2D eigenvalue weighted by atomic mass is 10.1. The van der Waals surface area contributed by atoms with E-state index < -0.39 is 0 Å². The Kier molecular flexibility index (Phi) is 4.41. The van der Waals surface area contributed by atoms with E-state index in [1.807, 2.05) is 38.1 Å². The van der Waals surface area contributed by atoms with Crippen molar-refractivity contribution in [2.45, 2.75) is 20.4 Å². The number of nitrogens with one attached hydrogen (secondary N) is 1. The maximum atomic E-state index is 5.60. The van der Waals surface area contributed by atoms with E-state index in [4.69, 9.17) is 15.2 Å². The molecule has 2 aromatic rings. The highest BCUT2D eigenvalue weighted by molar-refractivity contribution is 5.64. The van der Waals surface area contributed by atoms with Gasteiger partial charge in [0, 0.05) is 17.8 Å².